The first-order chi connectivity index (χ1) is 7.75. The SMILES string of the molecule is CC1(C)Oc2cc(Br)c(C(C)(C)CO)cc2O1. The van der Waals surface area contributed by atoms with E-state index in [2.05, 4.69) is 15.9 Å². The highest BCUT2D eigenvalue weighted by Crippen LogP contribution is 2.44. The fourth-order valence-electron chi connectivity index (χ4n) is 1.85. The Bertz CT molecular complexity index is 452. The average molecular weight is 301 g/mol. The lowest BCUT2D eigenvalue weighted by Crippen LogP contribution is -2.29. The van der Waals surface area contributed by atoms with E-state index in [0.29, 0.717) is 0 Å². The molecular weight excluding hydrogens is 284 g/mol. The van der Waals surface area contributed by atoms with Crippen molar-refractivity contribution in [1.29, 1.82) is 0 Å². The molecule has 0 radical (unpaired) electrons. The van der Waals surface area contributed by atoms with Crippen LogP contribution < -0.4 is 9.47 Å². The summed E-state index contributed by atoms with van der Waals surface area (Å²) in [4.78, 5) is 0. The topological polar surface area (TPSA) is 38.7 Å². The zero-order valence-electron chi connectivity index (χ0n) is 10.5. The van der Waals surface area contributed by atoms with E-state index in [9.17, 15) is 5.11 Å². The van der Waals surface area contributed by atoms with Gasteiger partial charge in [0.05, 0.1) is 6.61 Å². The Morgan fingerprint density at radius 2 is 1.76 bits per heavy atom. The molecule has 1 aliphatic rings. The Kier molecular flexibility index (Phi) is 2.91. The fourth-order valence-corrected chi connectivity index (χ4v) is 2.71. The van der Waals surface area contributed by atoms with Crippen LogP contribution in [0.15, 0.2) is 16.6 Å². The van der Waals surface area contributed by atoms with Crippen LogP contribution in [-0.4, -0.2) is 17.5 Å². The molecule has 3 nitrogen and oxygen atoms in total. The summed E-state index contributed by atoms with van der Waals surface area (Å²) in [6.45, 7) is 7.80. The number of halogens is 1. The number of fused-ring (bicyclic) bond motifs is 1. The molecule has 1 heterocycles. The van der Waals surface area contributed by atoms with Crippen molar-refractivity contribution < 1.29 is 14.6 Å². The summed E-state index contributed by atoms with van der Waals surface area (Å²) in [5.41, 5.74) is 0.698. The quantitative estimate of drug-likeness (QED) is 0.911. The third-order valence-electron chi connectivity index (χ3n) is 2.87. The van der Waals surface area contributed by atoms with Gasteiger partial charge in [-0.3, -0.25) is 0 Å². The smallest absolute Gasteiger partial charge is 0.246 e. The predicted molar refractivity (Wildman–Crippen MR) is 69.6 cm³/mol. The van der Waals surface area contributed by atoms with Crippen LogP contribution >= 0.6 is 15.9 Å². The highest BCUT2D eigenvalue weighted by atomic mass is 79.9. The van der Waals surface area contributed by atoms with Crippen molar-refractivity contribution >= 4 is 15.9 Å². The van der Waals surface area contributed by atoms with Gasteiger partial charge >= 0.3 is 0 Å². The van der Waals surface area contributed by atoms with E-state index >= 15 is 0 Å². The molecule has 0 aromatic heterocycles. The van der Waals surface area contributed by atoms with E-state index in [1.807, 2.05) is 39.8 Å². The summed E-state index contributed by atoms with van der Waals surface area (Å²) in [6.07, 6.45) is 0. The highest BCUT2D eigenvalue weighted by molar-refractivity contribution is 9.10. The second-order valence-corrected chi connectivity index (χ2v) is 6.28. The minimum Gasteiger partial charge on any atom is -0.449 e. The molecule has 1 aromatic carbocycles. The van der Waals surface area contributed by atoms with Crippen molar-refractivity contribution in [3.05, 3.63) is 22.2 Å². The number of rotatable bonds is 2. The van der Waals surface area contributed by atoms with Crippen LogP contribution in [0, 0.1) is 0 Å². The molecule has 1 aliphatic heterocycles. The van der Waals surface area contributed by atoms with Crippen LogP contribution in [-0.2, 0) is 5.41 Å². The molecule has 0 atom stereocenters. The molecule has 1 N–H and O–H groups in total. The minimum atomic E-state index is -0.621. The van der Waals surface area contributed by atoms with Gasteiger partial charge in [0.2, 0.25) is 5.79 Å². The highest BCUT2D eigenvalue weighted by Gasteiger charge is 2.34. The zero-order chi connectivity index (χ0) is 12.8. The van der Waals surface area contributed by atoms with Crippen molar-refractivity contribution in [2.75, 3.05) is 6.61 Å². The average Bonchev–Trinajstić information content (AvgIpc) is 2.49. The fraction of sp³-hybridized carbons (Fsp3) is 0.538. The predicted octanol–water partition coefficient (Wildman–Crippen LogP) is 3.23. The van der Waals surface area contributed by atoms with Crippen LogP contribution in [0.5, 0.6) is 11.5 Å². The van der Waals surface area contributed by atoms with Crippen LogP contribution in [0.2, 0.25) is 0 Å². The Morgan fingerprint density at radius 3 is 2.29 bits per heavy atom. The van der Waals surface area contributed by atoms with E-state index in [4.69, 9.17) is 9.47 Å². The van der Waals surface area contributed by atoms with Gasteiger partial charge in [-0.25, -0.2) is 0 Å². The molecule has 94 valence electrons. The van der Waals surface area contributed by atoms with Gasteiger partial charge < -0.3 is 14.6 Å². The molecule has 0 amide bonds. The molecule has 1 aromatic rings. The Balaban J connectivity index is 2.48. The number of aliphatic hydroxyl groups is 1. The lowest BCUT2D eigenvalue weighted by Gasteiger charge is -2.24. The summed E-state index contributed by atoms with van der Waals surface area (Å²) in [6, 6.07) is 3.83. The maximum Gasteiger partial charge on any atom is 0.246 e. The summed E-state index contributed by atoms with van der Waals surface area (Å²) in [5.74, 6) is 0.845. The summed E-state index contributed by atoms with van der Waals surface area (Å²) in [7, 11) is 0. The first-order valence-corrected chi connectivity index (χ1v) is 6.37. The molecule has 0 spiro atoms. The molecule has 0 aliphatic carbocycles. The Hall–Kier alpha value is -0.740. The number of aliphatic hydroxyl groups excluding tert-OH is 1. The third-order valence-corrected chi connectivity index (χ3v) is 3.53. The molecule has 17 heavy (non-hydrogen) atoms. The van der Waals surface area contributed by atoms with Crippen LogP contribution in [0.25, 0.3) is 0 Å². The van der Waals surface area contributed by atoms with E-state index in [1.165, 1.54) is 0 Å². The number of benzene rings is 1. The van der Waals surface area contributed by atoms with E-state index in [-0.39, 0.29) is 12.0 Å². The van der Waals surface area contributed by atoms with E-state index in [0.717, 1.165) is 21.5 Å². The lowest BCUT2D eigenvalue weighted by atomic mass is 9.85. The molecule has 0 unspecified atom stereocenters. The van der Waals surface area contributed by atoms with Gasteiger partial charge in [0.15, 0.2) is 11.5 Å². The molecule has 0 fully saturated rings. The maximum absolute atomic E-state index is 9.43. The first kappa shape index (κ1) is 12.7. The van der Waals surface area contributed by atoms with Gasteiger partial charge in [-0.2, -0.15) is 0 Å². The normalized spacial score (nSPS) is 17.3. The van der Waals surface area contributed by atoms with Crippen molar-refractivity contribution in [2.24, 2.45) is 0 Å². The molecule has 4 heteroatoms. The van der Waals surface area contributed by atoms with Crippen molar-refractivity contribution in [3.63, 3.8) is 0 Å². The number of ether oxygens (including phenoxy) is 2. The Labute approximate surface area is 110 Å². The summed E-state index contributed by atoms with van der Waals surface area (Å²) in [5, 5.41) is 9.43. The summed E-state index contributed by atoms with van der Waals surface area (Å²) < 4.78 is 12.3. The minimum absolute atomic E-state index is 0.0780. The van der Waals surface area contributed by atoms with Gasteiger partial charge in [-0.05, 0) is 17.7 Å². The number of hydrogen-bond donors (Lipinski definition) is 1. The van der Waals surface area contributed by atoms with Gasteiger partial charge in [-0.15, -0.1) is 0 Å². The molecule has 0 bridgehead atoms. The Morgan fingerprint density at radius 1 is 1.24 bits per heavy atom. The standard InChI is InChI=1S/C13H17BrO3/c1-12(2,7-15)8-5-10-11(6-9(8)14)17-13(3,4)16-10/h5-6,15H,7H2,1-4H3. The second kappa shape index (κ2) is 3.89. The largest absolute Gasteiger partial charge is 0.449 e. The molecule has 2 rings (SSSR count). The van der Waals surface area contributed by atoms with Gasteiger partial charge in [0.25, 0.3) is 0 Å². The lowest BCUT2D eigenvalue weighted by molar-refractivity contribution is -0.0431. The monoisotopic (exact) mass is 300 g/mol. The zero-order valence-corrected chi connectivity index (χ0v) is 12.1. The van der Waals surface area contributed by atoms with Crippen LogP contribution in [0.3, 0.4) is 0 Å². The van der Waals surface area contributed by atoms with Crippen LogP contribution in [0.4, 0.5) is 0 Å². The van der Waals surface area contributed by atoms with Gasteiger partial charge in [0.1, 0.15) is 0 Å². The summed E-state index contributed by atoms with van der Waals surface area (Å²) >= 11 is 3.52. The maximum atomic E-state index is 9.43. The van der Waals surface area contributed by atoms with Crippen LogP contribution in [0.1, 0.15) is 33.3 Å². The van der Waals surface area contributed by atoms with Crippen molar-refractivity contribution in [2.45, 2.75) is 38.9 Å². The molecule has 0 saturated carbocycles. The van der Waals surface area contributed by atoms with Crippen molar-refractivity contribution in [3.8, 4) is 11.5 Å². The molecule has 0 saturated heterocycles. The van der Waals surface area contributed by atoms with Gasteiger partial charge in [-0.1, -0.05) is 29.8 Å². The second-order valence-electron chi connectivity index (χ2n) is 5.42. The van der Waals surface area contributed by atoms with Gasteiger partial charge in [0, 0.05) is 23.7 Å². The van der Waals surface area contributed by atoms with Crippen molar-refractivity contribution in [1.82, 2.24) is 0 Å². The number of hydrogen-bond acceptors (Lipinski definition) is 3. The van der Waals surface area contributed by atoms with E-state index < -0.39 is 5.79 Å². The molecular formula is C13H17BrO3. The third kappa shape index (κ3) is 2.29. The first-order valence-electron chi connectivity index (χ1n) is 5.58. The van der Waals surface area contributed by atoms with E-state index in [1.54, 1.807) is 0 Å².